The van der Waals surface area contributed by atoms with Crippen molar-refractivity contribution in [1.29, 1.82) is 0 Å². The topological polar surface area (TPSA) is 73.6 Å². The summed E-state index contributed by atoms with van der Waals surface area (Å²) >= 11 is 0. The summed E-state index contributed by atoms with van der Waals surface area (Å²) in [6, 6.07) is 12.6. The number of rotatable bonds is 2. The minimum atomic E-state index is -0.582. The highest BCUT2D eigenvalue weighted by Gasteiger charge is 2.09. The van der Waals surface area contributed by atoms with Crippen LogP contribution in [0.2, 0.25) is 0 Å². The number of fused-ring (bicyclic) bond motifs is 1. The van der Waals surface area contributed by atoms with E-state index in [2.05, 4.69) is 5.32 Å². The van der Waals surface area contributed by atoms with Crippen LogP contribution in [0.25, 0.3) is 17.2 Å². The monoisotopic (exact) mass is 268 g/mol. The molecule has 0 radical (unpaired) electrons. The van der Waals surface area contributed by atoms with Crippen LogP contribution in [0.5, 0.6) is 5.75 Å². The fourth-order valence-corrected chi connectivity index (χ4v) is 2.03. The molecule has 5 nitrogen and oxygen atoms in total. The van der Waals surface area contributed by atoms with E-state index in [1.165, 1.54) is 6.26 Å². The fraction of sp³-hybridized carbons (Fsp3) is 0. The second kappa shape index (κ2) is 4.97. The van der Waals surface area contributed by atoms with Gasteiger partial charge in [-0.15, -0.1) is 0 Å². The number of urea groups is 1. The standard InChI is InChI=1S/C15H12N2O3/c16-15(18)17-13-3-1-2-10(9-13)11-4-5-14-12(8-11)6-7-19-20-14/h1-9H,(H3,16,17,18). The molecule has 3 N–H and O–H groups in total. The van der Waals surface area contributed by atoms with Crippen LogP contribution in [0.4, 0.5) is 10.5 Å². The molecular weight excluding hydrogens is 256 g/mol. The van der Waals surface area contributed by atoms with Crippen molar-refractivity contribution < 1.29 is 14.6 Å². The molecule has 1 aliphatic rings. The Balaban J connectivity index is 1.97. The molecule has 2 aromatic rings. The van der Waals surface area contributed by atoms with E-state index in [0.29, 0.717) is 11.4 Å². The molecule has 3 rings (SSSR count). The Bertz CT molecular complexity index is 695. The van der Waals surface area contributed by atoms with Gasteiger partial charge in [0.2, 0.25) is 0 Å². The maximum atomic E-state index is 10.9. The quantitative estimate of drug-likeness (QED) is 0.822. The zero-order valence-electron chi connectivity index (χ0n) is 10.5. The van der Waals surface area contributed by atoms with Gasteiger partial charge in [0.15, 0.2) is 5.75 Å². The summed E-state index contributed by atoms with van der Waals surface area (Å²) in [5.41, 5.74) is 8.68. The Hall–Kier alpha value is -2.95. The van der Waals surface area contributed by atoms with Gasteiger partial charge in [0.25, 0.3) is 0 Å². The van der Waals surface area contributed by atoms with E-state index in [9.17, 15) is 4.79 Å². The first-order valence-corrected chi connectivity index (χ1v) is 6.03. The summed E-state index contributed by atoms with van der Waals surface area (Å²) in [4.78, 5) is 20.7. The normalized spacial score (nSPS) is 12.0. The maximum absolute atomic E-state index is 10.9. The Morgan fingerprint density at radius 1 is 1.10 bits per heavy atom. The molecular formula is C15H12N2O3. The third-order valence-corrected chi connectivity index (χ3v) is 2.91. The molecule has 100 valence electrons. The molecule has 0 saturated heterocycles. The van der Waals surface area contributed by atoms with Crippen molar-refractivity contribution in [3.8, 4) is 16.9 Å². The molecule has 2 amide bonds. The number of amides is 2. The average molecular weight is 268 g/mol. The molecule has 0 aromatic heterocycles. The molecule has 5 heteroatoms. The first kappa shape index (κ1) is 12.1. The van der Waals surface area contributed by atoms with Crippen molar-refractivity contribution in [3.05, 3.63) is 54.3 Å². The lowest BCUT2D eigenvalue weighted by molar-refractivity contribution is -0.151. The van der Waals surface area contributed by atoms with Gasteiger partial charge in [-0.2, -0.15) is 0 Å². The Morgan fingerprint density at radius 2 is 1.95 bits per heavy atom. The van der Waals surface area contributed by atoms with Crippen LogP contribution in [-0.4, -0.2) is 6.03 Å². The summed E-state index contributed by atoms with van der Waals surface area (Å²) in [6.07, 6.45) is 3.31. The van der Waals surface area contributed by atoms with Gasteiger partial charge in [-0.05, 0) is 41.5 Å². The van der Waals surface area contributed by atoms with Gasteiger partial charge in [-0.25, -0.2) is 4.79 Å². The third kappa shape index (κ3) is 2.42. The highest BCUT2D eigenvalue weighted by atomic mass is 17.2. The second-order valence-electron chi connectivity index (χ2n) is 4.30. The zero-order valence-corrected chi connectivity index (χ0v) is 10.5. The van der Waals surface area contributed by atoms with Crippen LogP contribution in [0.3, 0.4) is 0 Å². The highest BCUT2D eigenvalue weighted by Crippen LogP contribution is 2.30. The van der Waals surface area contributed by atoms with Crippen LogP contribution in [-0.2, 0) is 4.89 Å². The van der Waals surface area contributed by atoms with Crippen LogP contribution >= 0.6 is 0 Å². The summed E-state index contributed by atoms with van der Waals surface area (Å²) in [5, 5.41) is 2.56. The summed E-state index contributed by atoms with van der Waals surface area (Å²) in [7, 11) is 0. The number of nitrogens with two attached hydrogens (primary N) is 1. The Morgan fingerprint density at radius 3 is 2.80 bits per heavy atom. The lowest BCUT2D eigenvalue weighted by Gasteiger charge is -2.12. The van der Waals surface area contributed by atoms with Gasteiger partial charge in [0.1, 0.15) is 6.26 Å². The van der Waals surface area contributed by atoms with E-state index in [1.807, 2.05) is 42.5 Å². The third-order valence-electron chi connectivity index (χ3n) is 2.91. The molecule has 0 spiro atoms. The van der Waals surface area contributed by atoms with Crippen molar-refractivity contribution in [2.75, 3.05) is 5.32 Å². The fourth-order valence-electron chi connectivity index (χ4n) is 2.03. The van der Waals surface area contributed by atoms with Crippen LogP contribution in [0.1, 0.15) is 5.56 Å². The number of hydrogen-bond donors (Lipinski definition) is 2. The van der Waals surface area contributed by atoms with E-state index in [1.54, 1.807) is 6.07 Å². The molecule has 0 saturated carbocycles. The van der Waals surface area contributed by atoms with E-state index in [0.717, 1.165) is 16.7 Å². The van der Waals surface area contributed by atoms with E-state index in [-0.39, 0.29) is 0 Å². The lowest BCUT2D eigenvalue weighted by atomic mass is 10.0. The van der Waals surface area contributed by atoms with Crippen molar-refractivity contribution in [3.63, 3.8) is 0 Å². The smallest absolute Gasteiger partial charge is 0.316 e. The number of anilines is 1. The maximum Gasteiger partial charge on any atom is 0.316 e. The number of carbonyl (C=O) groups is 1. The molecule has 1 heterocycles. The molecule has 20 heavy (non-hydrogen) atoms. The lowest BCUT2D eigenvalue weighted by Crippen LogP contribution is -2.19. The number of carbonyl (C=O) groups excluding carboxylic acids is 1. The number of hydrogen-bond acceptors (Lipinski definition) is 3. The molecule has 1 aliphatic heterocycles. The second-order valence-corrected chi connectivity index (χ2v) is 4.30. The summed E-state index contributed by atoms with van der Waals surface area (Å²) < 4.78 is 0. The van der Waals surface area contributed by atoms with Gasteiger partial charge in [0.05, 0.1) is 0 Å². The van der Waals surface area contributed by atoms with Crippen molar-refractivity contribution in [2.24, 2.45) is 5.73 Å². The van der Waals surface area contributed by atoms with Crippen LogP contribution < -0.4 is 15.9 Å². The van der Waals surface area contributed by atoms with Crippen molar-refractivity contribution in [2.45, 2.75) is 0 Å². The molecule has 0 bridgehead atoms. The van der Waals surface area contributed by atoms with E-state index >= 15 is 0 Å². The van der Waals surface area contributed by atoms with Crippen LogP contribution in [0, 0.1) is 0 Å². The molecule has 2 aromatic carbocycles. The van der Waals surface area contributed by atoms with E-state index < -0.39 is 6.03 Å². The largest absolute Gasteiger partial charge is 0.351 e. The van der Waals surface area contributed by atoms with Crippen molar-refractivity contribution in [1.82, 2.24) is 0 Å². The van der Waals surface area contributed by atoms with Crippen molar-refractivity contribution >= 4 is 17.8 Å². The van der Waals surface area contributed by atoms with Gasteiger partial charge in [-0.1, -0.05) is 18.2 Å². The summed E-state index contributed by atoms with van der Waals surface area (Å²) in [6.45, 7) is 0. The van der Waals surface area contributed by atoms with Gasteiger partial charge >= 0.3 is 6.03 Å². The zero-order chi connectivity index (χ0) is 13.9. The SMILES string of the molecule is NC(=O)Nc1cccc(-c2ccc3c(c2)C=COO3)c1. The molecule has 0 unspecified atom stereocenters. The first-order valence-electron chi connectivity index (χ1n) is 6.03. The number of primary amides is 1. The predicted octanol–water partition coefficient (Wildman–Crippen LogP) is 3.14. The van der Waals surface area contributed by atoms with Gasteiger partial charge in [-0.3, -0.25) is 9.78 Å². The number of benzene rings is 2. The Labute approximate surface area is 115 Å². The average Bonchev–Trinajstić information content (AvgIpc) is 2.46. The molecule has 0 aliphatic carbocycles. The Kier molecular flexibility index (Phi) is 3.01. The molecule has 0 atom stereocenters. The minimum Gasteiger partial charge on any atom is -0.351 e. The van der Waals surface area contributed by atoms with Crippen LogP contribution in [0.15, 0.2) is 48.7 Å². The van der Waals surface area contributed by atoms with E-state index in [4.69, 9.17) is 15.5 Å². The van der Waals surface area contributed by atoms with Gasteiger partial charge < -0.3 is 11.1 Å². The number of nitrogens with one attached hydrogen (secondary N) is 1. The van der Waals surface area contributed by atoms with Gasteiger partial charge in [0, 0.05) is 11.3 Å². The summed E-state index contributed by atoms with van der Waals surface area (Å²) in [5.74, 6) is 0.669. The minimum absolute atomic E-state index is 0.582. The highest BCUT2D eigenvalue weighted by molar-refractivity contribution is 5.88. The predicted molar refractivity (Wildman–Crippen MR) is 75.8 cm³/mol. The first-order chi connectivity index (χ1) is 9.72. The molecule has 0 fully saturated rings.